The van der Waals surface area contributed by atoms with Gasteiger partial charge < -0.3 is 5.73 Å². The minimum absolute atomic E-state index is 0.226. The van der Waals surface area contributed by atoms with Crippen LogP contribution in [0.5, 0.6) is 0 Å². The molecule has 0 unspecified atom stereocenters. The van der Waals surface area contributed by atoms with Gasteiger partial charge in [-0.2, -0.15) is 0 Å². The van der Waals surface area contributed by atoms with E-state index in [4.69, 9.17) is 28.9 Å². The first-order valence-electron chi connectivity index (χ1n) is 5.14. The van der Waals surface area contributed by atoms with E-state index in [1.165, 1.54) is 0 Å². The van der Waals surface area contributed by atoms with Crippen molar-refractivity contribution < 1.29 is 0 Å². The summed E-state index contributed by atoms with van der Waals surface area (Å²) < 4.78 is 0. The van der Waals surface area contributed by atoms with Crippen LogP contribution in [-0.2, 0) is 0 Å². The Labute approximate surface area is 101 Å². The highest BCUT2D eigenvalue weighted by Gasteiger charge is 2.58. The third kappa shape index (κ3) is 1.67. The van der Waals surface area contributed by atoms with Gasteiger partial charge in [-0.15, -0.1) is 0 Å². The Hall–Kier alpha value is -0.240. The number of hydrogen-bond donors (Lipinski definition) is 1. The zero-order valence-corrected chi connectivity index (χ0v) is 10.4. The molecule has 1 aliphatic carbocycles. The molecule has 1 aromatic rings. The van der Waals surface area contributed by atoms with Gasteiger partial charge in [0.2, 0.25) is 0 Å². The molecule has 0 aromatic heterocycles. The van der Waals surface area contributed by atoms with Crippen LogP contribution in [0.25, 0.3) is 0 Å². The lowest BCUT2D eigenvalue weighted by atomic mass is 10.0. The molecule has 2 rings (SSSR count). The number of hydrogen-bond acceptors (Lipinski definition) is 1. The maximum atomic E-state index is 6.19. The molecule has 0 amide bonds. The van der Waals surface area contributed by atoms with Crippen LogP contribution < -0.4 is 5.73 Å². The summed E-state index contributed by atoms with van der Waals surface area (Å²) in [5, 5.41) is 1.52. The minimum atomic E-state index is 0.226. The quantitative estimate of drug-likeness (QED) is 0.843. The summed E-state index contributed by atoms with van der Waals surface area (Å²) in [6.07, 6.45) is 0. The molecule has 0 aliphatic heterocycles. The Morgan fingerprint density at radius 3 is 2.20 bits per heavy atom. The van der Waals surface area contributed by atoms with Crippen LogP contribution in [0.15, 0.2) is 18.2 Å². The van der Waals surface area contributed by atoms with E-state index in [1.807, 2.05) is 18.2 Å². The van der Waals surface area contributed by atoms with Gasteiger partial charge in [-0.05, 0) is 41.5 Å². The van der Waals surface area contributed by atoms with E-state index in [0.29, 0.717) is 18.4 Å². The maximum absolute atomic E-state index is 6.19. The molecular weight excluding hydrogens is 229 g/mol. The highest BCUT2D eigenvalue weighted by atomic mass is 35.5. The van der Waals surface area contributed by atoms with Crippen LogP contribution >= 0.6 is 23.2 Å². The van der Waals surface area contributed by atoms with Gasteiger partial charge in [0.15, 0.2) is 0 Å². The van der Waals surface area contributed by atoms with Crippen molar-refractivity contribution in [3.8, 4) is 0 Å². The molecule has 2 N–H and O–H groups in total. The average Bonchev–Trinajstić information content (AvgIpc) is 2.68. The molecule has 0 radical (unpaired) electrons. The second-order valence-corrected chi connectivity index (χ2v) is 5.59. The van der Waals surface area contributed by atoms with Crippen LogP contribution in [0, 0.1) is 11.3 Å². The fourth-order valence-electron chi connectivity index (χ4n) is 2.56. The zero-order valence-electron chi connectivity index (χ0n) is 8.93. The van der Waals surface area contributed by atoms with Gasteiger partial charge in [0.05, 0.1) is 0 Å². The van der Waals surface area contributed by atoms with Crippen molar-refractivity contribution in [1.29, 1.82) is 0 Å². The van der Waals surface area contributed by atoms with E-state index >= 15 is 0 Å². The Morgan fingerprint density at radius 2 is 1.80 bits per heavy atom. The maximum Gasteiger partial charge on any atom is 0.0456 e. The monoisotopic (exact) mass is 243 g/mol. The number of rotatable bonds is 2. The predicted octanol–water partition coefficient (Wildman–Crippen LogP) is 3.69. The Bertz CT molecular complexity index is 367. The van der Waals surface area contributed by atoms with E-state index in [-0.39, 0.29) is 5.41 Å². The van der Waals surface area contributed by atoms with Crippen molar-refractivity contribution in [2.45, 2.75) is 19.8 Å². The van der Waals surface area contributed by atoms with E-state index in [2.05, 4.69) is 13.8 Å². The molecule has 0 spiro atoms. The second-order valence-electron chi connectivity index (χ2n) is 4.78. The van der Waals surface area contributed by atoms with Gasteiger partial charge in [-0.25, -0.2) is 0 Å². The normalized spacial score (nSPS) is 27.8. The van der Waals surface area contributed by atoms with Gasteiger partial charge in [0.1, 0.15) is 0 Å². The highest BCUT2D eigenvalue weighted by molar-refractivity contribution is 6.36. The van der Waals surface area contributed by atoms with Crippen molar-refractivity contribution in [1.82, 2.24) is 0 Å². The van der Waals surface area contributed by atoms with Gasteiger partial charge in [-0.1, -0.05) is 43.1 Å². The fourth-order valence-corrected chi connectivity index (χ4v) is 3.20. The summed E-state index contributed by atoms with van der Waals surface area (Å²) >= 11 is 12.4. The minimum Gasteiger partial charge on any atom is -0.330 e. The number of benzene rings is 1. The van der Waals surface area contributed by atoms with Gasteiger partial charge >= 0.3 is 0 Å². The lowest BCUT2D eigenvalue weighted by Crippen LogP contribution is -2.05. The molecular formula is C12H15Cl2N. The molecule has 1 aliphatic rings. The third-order valence-corrected chi connectivity index (χ3v) is 4.27. The van der Waals surface area contributed by atoms with Gasteiger partial charge in [-0.3, -0.25) is 0 Å². The van der Waals surface area contributed by atoms with Crippen LogP contribution in [0.3, 0.4) is 0 Å². The standard InChI is InChI=1S/C12H15Cl2N/c1-12(2)7(6-15)11(12)10-8(13)4-3-5-9(10)14/h3-5,7,11H,6,15H2,1-2H3/t7-,11+/m1/s1. The first kappa shape index (κ1) is 11.3. The lowest BCUT2D eigenvalue weighted by molar-refractivity contribution is 0.558. The van der Waals surface area contributed by atoms with E-state index < -0.39 is 0 Å². The van der Waals surface area contributed by atoms with Crippen LogP contribution in [0.2, 0.25) is 10.0 Å². The first-order chi connectivity index (χ1) is 7.00. The van der Waals surface area contributed by atoms with Crippen molar-refractivity contribution in [3.63, 3.8) is 0 Å². The first-order valence-corrected chi connectivity index (χ1v) is 5.89. The molecule has 15 heavy (non-hydrogen) atoms. The van der Waals surface area contributed by atoms with Crippen LogP contribution in [0.1, 0.15) is 25.3 Å². The van der Waals surface area contributed by atoms with Gasteiger partial charge in [0.25, 0.3) is 0 Å². The molecule has 2 atom stereocenters. The largest absolute Gasteiger partial charge is 0.330 e. The molecule has 0 saturated heterocycles. The SMILES string of the molecule is CC1(C)[C@H](CN)[C@H]1c1c(Cl)cccc1Cl. The van der Waals surface area contributed by atoms with Crippen LogP contribution in [-0.4, -0.2) is 6.54 Å². The summed E-state index contributed by atoms with van der Waals surface area (Å²) in [7, 11) is 0. The average molecular weight is 244 g/mol. The Balaban J connectivity index is 2.41. The van der Waals surface area contributed by atoms with E-state index in [9.17, 15) is 0 Å². The molecule has 1 nitrogen and oxygen atoms in total. The van der Waals surface area contributed by atoms with Crippen molar-refractivity contribution in [2.24, 2.45) is 17.1 Å². The second kappa shape index (κ2) is 3.65. The number of halogens is 2. The predicted molar refractivity (Wildman–Crippen MR) is 65.5 cm³/mol. The molecule has 1 aromatic carbocycles. The molecule has 82 valence electrons. The highest BCUT2D eigenvalue weighted by Crippen LogP contribution is 2.65. The van der Waals surface area contributed by atoms with Crippen LogP contribution in [0.4, 0.5) is 0 Å². The fraction of sp³-hybridized carbons (Fsp3) is 0.500. The number of nitrogens with two attached hydrogens (primary N) is 1. The van der Waals surface area contributed by atoms with Gasteiger partial charge in [0, 0.05) is 10.0 Å². The topological polar surface area (TPSA) is 26.0 Å². The summed E-state index contributed by atoms with van der Waals surface area (Å²) in [5.41, 5.74) is 7.05. The van der Waals surface area contributed by atoms with E-state index in [0.717, 1.165) is 15.6 Å². The van der Waals surface area contributed by atoms with Crippen molar-refractivity contribution in [2.75, 3.05) is 6.54 Å². The Morgan fingerprint density at radius 1 is 1.27 bits per heavy atom. The molecule has 0 bridgehead atoms. The smallest absolute Gasteiger partial charge is 0.0456 e. The lowest BCUT2D eigenvalue weighted by Gasteiger charge is -2.07. The molecule has 1 fully saturated rings. The zero-order chi connectivity index (χ0) is 11.2. The summed E-state index contributed by atoms with van der Waals surface area (Å²) in [6, 6.07) is 5.66. The Kier molecular flexibility index (Phi) is 2.74. The summed E-state index contributed by atoms with van der Waals surface area (Å²) in [5.74, 6) is 0.901. The summed E-state index contributed by atoms with van der Waals surface area (Å²) in [4.78, 5) is 0. The summed E-state index contributed by atoms with van der Waals surface area (Å²) in [6.45, 7) is 5.13. The molecule has 3 heteroatoms. The van der Waals surface area contributed by atoms with Crippen molar-refractivity contribution >= 4 is 23.2 Å². The van der Waals surface area contributed by atoms with Crippen molar-refractivity contribution in [3.05, 3.63) is 33.8 Å². The third-order valence-electron chi connectivity index (χ3n) is 3.62. The van der Waals surface area contributed by atoms with E-state index in [1.54, 1.807) is 0 Å². The molecule has 0 heterocycles. The molecule has 1 saturated carbocycles.